The molecule has 0 fully saturated rings. The zero-order valence-corrected chi connectivity index (χ0v) is 14.4. The van der Waals surface area contributed by atoms with Crippen molar-refractivity contribution >= 4 is 23.6 Å². The molecule has 2 heterocycles. The lowest BCUT2D eigenvalue weighted by molar-refractivity contribution is 0.0655. The van der Waals surface area contributed by atoms with E-state index in [0.717, 1.165) is 35.7 Å². The molecule has 124 valence electrons. The minimum Gasteiger partial charge on any atom is -0.274 e. The molecule has 2 amide bonds. The summed E-state index contributed by atoms with van der Waals surface area (Å²) in [5.74, 6) is 0.377. The number of imide groups is 1. The maximum atomic E-state index is 12.2. The van der Waals surface area contributed by atoms with Crippen molar-refractivity contribution < 1.29 is 9.59 Å². The quantitative estimate of drug-likeness (QED) is 0.335. The smallest absolute Gasteiger partial charge is 0.261 e. The molecule has 1 aromatic heterocycles. The van der Waals surface area contributed by atoms with Gasteiger partial charge < -0.3 is 0 Å². The summed E-state index contributed by atoms with van der Waals surface area (Å²) in [4.78, 5) is 34.5. The third-order valence-corrected chi connectivity index (χ3v) is 4.82. The molecular weight excluding hydrogens is 322 g/mol. The van der Waals surface area contributed by atoms with Gasteiger partial charge in [-0.1, -0.05) is 37.2 Å². The van der Waals surface area contributed by atoms with E-state index in [-0.39, 0.29) is 11.8 Å². The second-order valence-electron chi connectivity index (χ2n) is 5.63. The van der Waals surface area contributed by atoms with Crippen LogP contribution in [-0.2, 0) is 6.42 Å². The molecule has 0 radical (unpaired) electrons. The van der Waals surface area contributed by atoms with Gasteiger partial charge in [0.25, 0.3) is 11.8 Å². The number of thioether (sulfide) groups is 1. The van der Waals surface area contributed by atoms with Crippen molar-refractivity contribution in [2.45, 2.75) is 31.3 Å². The Morgan fingerprint density at radius 2 is 1.67 bits per heavy atom. The summed E-state index contributed by atoms with van der Waals surface area (Å²) < 4.78 is 0. The van der Waals surface area contributed by atoms with E-state index in [4.69, 9.17) is 0 Å². The molecule has 6 heteroatoms. The highest BCUT2D eigenvalue weighted by Gasteiger charge is 2.34. The molecule has 0 saturated carbocycles. The van der Waals surface area contributed by atoms with Gasteiger partial charge in [-0.15, -0.1) is 0 Å². The maximum Gasteiger partial charge on any atom is 0.261 e. The van der Waals surface area contributed by atoms with Crippen LogP contribution in [0.5, 0.6) is 0 Å². The van der Waals surface area contributed by atoms with Crippen LogP contribution >= 0.6 is 11.8 Å². The minimum atomic E-state index is -0.194. The third-order valence-electron chi connectivity index (χ3n) is 3.86. The van der Waals surface area contributed by atoms with Crippen molar-refractivity contribution in [3.8, 4) is 0 Å². The largest absolute Gasteiger partial charge is 0.274 e. The van der Waals surface area contributed by atoms with Crippen LogP contribution in [0.1, 0.15) is 46.0 Å². The second kappa shape index (κ2) is 7.57. The van der Waals surface area contributed by atoms with Gasteiger partial charge in [0.15, 0.2) is 5.16 Å². The van der Waals surface area contributed by atoms with E-state index in [1.807, 2.05) is 12.4 Å². The molecule has 1 aromatic carbocycles. The first-order valence-corrected chi connectivity index (χ1v) is 9.08. The Morgan fingerprint density at radius 1 is 1.04 bits per heavy atom. The number of hydrogen-bond acceptors (Lipinski definition) is 5. The topological polar surface area (TPSA) is 63.2 Å². The van der Waals surface area contributed by atoms with Crippen LogP contribution in [0.25, 0.3) is 0 Å². The summed E-state index contributed by atoms with van der Waals surface area (Å²) in [5.41, 5.74) is 2.16. The molecule has 0 atom stereocenters. The van der Waals surface area contributed by atoms with Crippen LogP contribution in [0.15, 0.2) is 41.8 Å². The van der Waals surface area contributed by atoms with Crippen LogP contribution in [-0.4, -0.2) is 39.0 Å². The molecule has 0 unspecified atom stereocenters. The highest BCUT2D eigenvalue weighted by molar-refractivity contribution is 7.99. The zero-order valence-electron chi connectivity index (χ0n) is 13.6. The Hall–Kier alpha value is -2.21. The first-order valence-electron chi connectivity index (χ1n) is 8.09. The van der Waals surface area contributed by atoms with Crippen molar-refractivity contribution in [2.24, 2.45) is 0 Å². The molecule has 1 aliphatic heterocycles. The predicted octanol–water partition coefficient (Wildman–Crippen LogP) is 3.21. The molecule has 0 aliphatic carbocycles. The SMILES string of the molecule is CCCc1cnc(SCCCN2C(=O)c3ccccc3C2=O)nc1. The first kappa shape index (κ1) is 16.6. The van der Waals surface area contributed by atoms with E-state index >= 15 is 0 Å². The highest BCUT2D eigenvalue weighted by atomic mass is 32.2. The lowest BCUT2D eigenvalue weighted by Crippen LogP contribution is -2.31. The molecule has 24 heavy (non-hydrogen) atoms. The van der Waals surface area contributed by atoms with Gasteiger partial charge in [0.2, 0.25) is 0 Å². The van der Waals surface area contributed by atoms with E-state index < -0.39 is 0 Å². The van der Waals surface area contributed by atoms with Gasteiger partial charge in [-0.3, -0.25) is 14.5 Å². The van der Waals surface area contributed by atoms with E-state index in [1.54, 1.807) is 36.0 Å². The molecule has 3 rings (SSSR count). The fourth-order valence-corrected chi connectivity index (χ4v) is 3.37. The van der Waals surface area contributed by atoms with Gasteiger partial charge in [0.1, 0.15) is 0 Å². The van der Waals surface area contributed by atoms with Crippen LogP contribution in [0.4, 0.5) is 0 Å². The van der Waals surface area contributed by atoms with Gasteiger partial charge in [-0.05, 0) is 30.5 Å². The molecule has 0 N–H and O–H groups in total. The van der Waals surface area contributed by atoms with Crippen LogP contribution in [0.2, 0.25) is 0 Å². The average Bonchev–Trinajstić information content (AvgIpc) is 2.85. The van der Waals surface area contributed by atoms with E-state index in [2.05, 4.69) is 16.9 Å². The fraction of sp³-hybridized carbons (Fsp3) is 0.333. The van der Waals surface area contributed by atoms with Gasteiger partial charge in [0.05, 0.1) is 11.1 Å². The molecule has 1 aliphatic rings. The lowest BCUT2D eigenvalue weighted by Gasteiger charge is -2.13. The Kier molecular flexibility index (Phi) is 5.25. The summed E-state index contributed by atoms with van der Waals surface area (Å²) in [6, 6.07) is 6.97. The molecule has 5 nitrogen and oxygen atoms in total. The standard InChI is InChI=1S/C18H19N3O2S/c1-2-6-13-11-19-18(20-12-13)24-10-5-9-21-16(22)14-7-3-4-8-15(14)17(21)23/h3-4,7-8,11-12H,2,5-6,9-10H2,1H3. The highest BCUT2D eigenvalue weighted by Crippen LogP contribution is 2.23. The normalized spacial score (nSPS) is 13.5. The molecule has 0 spiro atoms. The van der Waals surface area contributed by atoms with E-state index in [0.29, 0.717) is 17.7 Å². The maximum absolute atomic E-state index is 12.2. The zero-order chi connectivity index (χ0) is 16.9. The fourth-order valence-electron chi connectivity index (χ4n) is 2.66. The molecule has 0 bridgehead atoms. The number of fused-ring (bicyclic) bond motifs is 1. The van der Waals surface area contributed by atoms with Crippen molar-refractivity contribution in [3.63, 3.8) is 0 Å². The number of hydrogen-bond donors (Lipinski definition) is 0. The Balaban J connectivity index is 1.49. The third kappa shape index (κ3) is 3.48. The molecule has 0 saturated heterocycles. The van der Waals surface area contributed by atoms with Crippen molar-refractivity contribution in [1.29, 1.82) is 0 Å². The van der Waals surface area contributed by atoms with Crippen LogP contribution in [0, 0.1) is 0 Å². The Morgan fingerprint density at radius 3 is 2.25 bits per heavy atom. The number of rotatable bonds is 7. The number of aromatic nitrogens is 2. The summed E-state index contributed by atoms with van der Waals surface area (Å²) >= 11 is 1.55. The van der Waals surface area contributed by atoms with Gasteiger partial charge >= 0.3 is 0 Å². The Labute approximate surface area is 145 Å². The Bertz CT molecular complexity index is 711. The number of carbonyl (C=O) groups excluding carboxylic acids is 2. The lowest BCUT2D eigenvalue weighted by atomic mass is 10.1. The molecule has 2 aromatic rings. The first-order chi connectivity index (χ1) is 11.7. The number of nitrogens with zero attached hydrogens (tertiary/aromatic N) is 3. The number of aryl methyl sites for hydroxylation is 1. The number of carbonyl (C=O) groups is 2. The molecular formula is C18H19N3O2S. The predicted molar refractivity (Wildman–Crippen MR) is 93.2 cm³/mol. The summed E-state index contributed by atoms with van der Waals surface area (Å²) in [7, 11) is 0. The number of benzene rings is 1. The van der Waals surface area contributed by atoms with Gasteiger partial charge in [-0.25, -0.2) is 9.97 Å². The minimum absolute atomic E-state index is 0.194. The van der Waals surface area contributed by atoms with E-state index in [1.165, 1.54) is 4.90 Å². The van der Waals surface area contributed by atoms with Crippen LogP contribution < -0.4 is 0 Å². The summed E-state index contributed by atoms with van der Waals surface area (Å²) in [6.07, 6.45) is 6.52. The summed E-state index contributed by atoms with van der Waals surface area (Å²) in [5, 5.41) is 0.734. The average molecular weight is 341 g/mol. The monoisotopic (exact) mass is 341 g/mol. The second-order valence-corrected chi connectivity index (χ2v) is 6.70. The van der Waals surface area contributed by atoms with Crippen LogP contribution in [0.3, 0.4) is 0 Å². The van der Waals surface area contributed by atoms with Crippen molar-refractivity contribution in [3.05, 3.63) is 53.3 Å². The van der Waals surface area contributed by atoms with E-state index in [9.17, 15) is 9.59 Å². The number of amides is 2. The van der Waals surface area contributed by atoms with Crippen molar-refractivity contribution in [2.75, 3.05) is 12.3 Å². The van der Waals surface area contributed by atoms with Gasteiger partial charge in [0, 0.05) is 24.7 Å². The van der Waals surface area contributed by atoms with Gasteiger partial charge in [-0.2, -0.15) is 0 Å². The van der Waals surface area contributed by atoms with Crippen molar-refractivity contribution in [1.82, 2.24) is 14.9 Å². The summed E-state index contributed by atoms with van der Waals surface area (Å²) in [6.45, 7) is 2.55.